The quantitative estimate of drug-likeness (QED) is 0.251. The molecule has 0 spiro atoms. The maximum Gasteiger partial charge on any atom is 0.295 e. The van der Waals surface area contributed by atoms with E-state index in [-0.39, 0.29) is 5.56 Å². The molecule has 0 aliphatic rings. The van der Waals surface area contributed by atoms with E-state index in [0.717, 1.165) is 0 Å². The predicted molar refractivity (Wildman–Crippen MR) is 89.7 cm³/mol. The average molecular weight is 451 g/mol. The van der Waals surface area contributed by atoms with Gasteiger partial charge in [-0.25, -0.2) is 0 Å². The van der Waals surface area contributed by atoms with Crippen molar-refractivity contribution in [3.05, 3.63) is 76.4 Å². The van der Waals surface area contributed by atoms with Gasteiger partial charge in [-0.05, 0) is 5.56 Å². The van der Waals surface area contributed by atoms with Crippen molar-refractivity contribution in [1.29, 1.82) is 0 Å². The molecule has 0 saturated carbocycles. The van der Waals surface area contributed by atoms with Gasteiger partial charge in [-0.2, -0.15) is 0 Å². The van der Waals surface area contributed by atoms with Gasteiger partial charge in [0, 0.05) is 7.77 Å². The normalized spacial score (nSPS) is 15.7. The molecule has 0 bridgehead atoms. The fourth-order valence-corrected chi connectivity index (χ4v) is 2.30. The smallest absolute Gasteiger partial charge is 0.295 e. The minimum atomic E-state index is -2.76. The molecule has 31 heavy (non-hydrogen) atoms. The van der Waals surface area contributed by atoms with Crippen molar-refractivity contribution in [3.63, 3.8) is 0 Å². The Morgan fingerprint density at radius 1 is 0.871 bits per heavy atom. The number of hydrogen-bond acceptors (Lipinski definition) is 14. The predicted octanol–water partition coefficient (Wildman–Crippen LogP) is -0.902. The Kier molecular flexibility index (Phi) is 8.58. The molecular formula is C13H14N4O14. The van der Waals surface area contributed by atoms with Crippen LogP contribution in [0.1, 0.15) is 6.93 Å². The van der Waals surface area contributed by atoms with Crippen molar-refractivity contribution >= 4 is 5.78 Å². The van der Waals surface area contributed by atoms with Crippen LogP contribution in [0.2, 0.25) is 0 Å². The van der Waals surface area contributed by atoms with Gasteiger partial charge in [0.25, 0.3) is 20.3 Å². The number of aliphatic hydroxyl groups is 1. The highest BCUT2D eigenvalue weighted by molar-refractivity contribution is 5.85. The van der Waals surface area contributed by atoms with E-state index in [9.17, 15) is 50.4 Å². The van der Waals surface area contributed by atoms with Crippen LogP contribution in [-0.4, -0.2) is 62.3 Å². The maximum atomic E-state index is 12.7. The summed E-state index contributed by atoms with van der Waals surface area (Å²) >= 11 is 0. The Morgan fingerprint density at radius 2 is 1.35 bits per heavy atom. The summed E-state index contributed by atoms with van der Waals surface area (Å²) in [6, 6.07) is 6.79. The number of carbonyl (C=O) groups excluding carboxylic acids is 1. The zero-order valence-corrected chi connectivity index (χ0v) is 15.0. The summed E-state index contributed by atoms with van der Waals surface area (Å²) in [5.41, 5.74) is -0.0544. The number of nitrogens with zero attached hydrogens (tertiary/aromatic N) is 4. The third kappa shape index (κ3) is 8.27. The molecule has 0 radical (unpaired) electrons. The average Bonchev–Trinajstić information content (AvgIpc) is 2.72. The highest BCUT2D eigenvalue weighted by atomic mass is 17.0. The molecule has 0 aromatic heterocycles. The number of Topliss-reactive ketones (excluding diaryl/α,β-unsaturated/α-hetero) is 1. The topological polar surface area (TPSA) is 247 Å². The molecule has 1 rings (SSSR count). The van der Waals surface area contributed by atoms with Crippen LogP contribution in [0, 0.1) is 40.5 Å². The van der Waals surface area contributed by atoms with Crippen molar-refractivity contribution in [2.75, 3.05) is 6.61 Å². The molecule has 170 valence electrons. The summed E-state index contributed by atoms with van der Waals surface area (Å²) in [5.74, 6) is -1.56. The van der Waals surface area contributed by atoms with E-state index in [0.29, 0.717) is 0 Å². The van der Waals surface area contributed by atoms with E-state index in [1.165, 1.54) is 30.3 Å². The lowest BCUT2D eigenvalue weighted by Crippen LogP contribution is -2.55. The van der Waals surface area contributed by atoms with Crippen LogP contribution in [0.5, 0.6) is 0 Å². The number of benzene rings is 1. The molecule has 5 atom stereocenters. The molecule has 0 amide bonds. The fraction of sp³-hybridized carbons (Fsp3) is 0.462. The first-order valence-corrected chi connectivity index (χ1v) is 7.84. The number of hydrogen-bond donors (Lipinski definition) is 1. The highest BCUT2D eigenvalue weighted by Gasteiger charge is 2.46. The Bertz CT molecular complexity index is 841. The molecule has 0 saturated heterocycles. The number of carbonyl (C=O) groups is 1. The van der Waals surface area contributed by atoms with Gasteiger partial charge in [-0.1, -0.05) is 30.3 Å². The van der Waals surface area contributed by atoms with Crippen LogP contribution in [0.25, 0.3) is 0 Å². The molecule has 18 nitrogen and oxygen atoms in total. The zero-order chi connectivity index (χ0) is 24.4. The summed E-state index contributed by atoms with van der Waals surface area (Å²) < 4.78 is 7.98. The lowest BCUT2D eigenvalue weighted by Gasteiger charge is -2.31. The largest absolute Gasteiger partial charge is 0.394 e. The summed E-state index contributed by atoms with van der Waals surface area (Å²) in [5, 5.41) is 46.1. The van der Waals surface area contributed by atoms with Crippen LogP contribution in [0.3, 0.4) is 0 Å². The first kappa shape index (κ1) is 22.9. The second kappa shape index (κ2) is 11.6. The minimum Gasteiger partial charge on any atom is -0.394 e. The molecular weight excluding hydrogens is 436 g/mol. The van der Waals surface area contributed by atoms with Gasteiger partial charge in [0.1, 0.15) is 0 Å². The number of rotatable bonds is 15. The zero-order valence-electron chi connectivity index (χ0n) is 16.0. The van der Waals surface area contributed by atoms with E-state index in [1.807, 2.05) is 0 Å². The fourth-order valence-electron chi connectivity index (χ4n) is 2.30. The number of ketones is 1. The van der Waals surface area contributed by atoms with E-state index in [4.69, 9.17) is 1.37 Å². The minimum absolute atomic E-state index is 0.0544. The maximum absolute atomic E-state index is 12.7. The SMILES string of the molecule is [2H]C(C(=O)[C@@H](O[N+](=O)[O-])[C@@H](O[N+](=O)[O-])[C@H](O[N+](=O)[O-])[C@@H](CO)O[N+](=O)[O-])c1ccccc1. The molecule has 18 heteroatoms. The Hall–Kier alpha value is -4.35. The molecule has 0 heterocycles. The number of aliphatic hydroxyl groups excluding tert-OH is 1. The molecule has 1 unspecified atom stereocenters. The summed E-state index contributed by atoms with van der Waals surface area (Å²) in [7, 11) is 0. The van der Waals surface area contributed by atoms with E-state index < -0.39 is 63.5 Å². The van der Waals surface area contributed by atoms with Crippen molar-refractivity contribution in [2.24, 2.45) is 0 Å². The summed E-state index contributed by atoms with van der Waals surface area (Å²) in [4.78, 5) is 72.2. The third-order valence-electron chi connectivity index (χ3n) is 3.39. The van der Waals surface area contributed by atoms with Gasteiger partial charge in [-0.3, -0.25) is 4.79 Å². The first-order chi connectivity index (χ1) is 15.0. The van der Waals surface area contributed by atoms with Crippen molar-refractivity contribution in [3.8, 4) is 0 Å². The van der Waals surface area contributed by atoms with Gasteiger partial charge in [0.2, 0.25) is 0 Å². The first-order valence-electron chi connectivity index (χ1n) is 8.42. The van der Waals surface area contributed by atoms with E-state index in [1.54, 1.807) is 0 Å². The van der Waals surface area contributed by atoms with Crippen molar-refractivity contribution in [1.82, 2.24) is 0 Å². The lowest BCUT2D eigenvalue weighted by atomic mass is 9.96. The molecule has 0 fully saturated rings. The van der Waals surface area contributed by atoms with Crippen LogP contribution >= 0.6 is 0 Å². The van der Waals surface area contributed by atoms with Gasteiger partial charge in [0.15, 0.2) is 30.2 Å². The second-order valence-electron chi connectivity index (χ2n) is 5.34. The van der Waals surface area contributed by atoms with Gasteiger partial charge < -0.3 is 24.5 Å². The molecule has 0 aliphatic carbocycles. The van der Waals surface area contributed by atoms with E-state index >= 15 is 0 Å². The molecule has 1 N–H and O–H groups in total. The Balaban J connectivity index is 3.52. The van der Waals surface area contributed by atoms with Gasteiger partial charge in [-0.15, -0.1) is 40.5 Å². The molecule has 1 aromatic carbocycles. The van der Waals surface area contributed by atoms with E-state index in [2.05, 4.69) is 19.4 Å². The Morgan fingerprint density at radius 3 is 1.81 bits per heavy atom. The van der Waals surface area contributed by atoms with Crippen molar-refractivity contribution in [2.45, 2.75) is 30.8 Å². The van der Waals surface area contributed by atoms with Crippen LogP contribution < -0.4 is 0 Å². The monoisotopic (exact) mass is 451 g/mol. The van der Waals surface area contributed by atoms with Crippen LogP contribution in [0.15, 0.2) is 30.3 Å². The lowest BCUT2D eigenvalue weighted by molar-refractivity contribution is -0.825. The van der Waals surface area contributed by atoms with Crippen molar-refractivity contribution < 1.29 is 51.0 Å². The molecule has 0 aliphatic heterocycles. The summed E-state index contributed by atoms with van der Waals surface area (Å²) in [6.45, 7) is -1.45. The highest BCUT2D eigenvalue weighted by Crippen LogP contribution is 2.21. The molecule has 1 aromatic rings. The van der Waals surface area contributed by atoms with Crippen LogP contribution in [0.4, 0.5) is 0 Å². The third-order valence-corrected chi connectivity index (χ3v) is 3.39. The Labute approximate surface area is 171 Å². The van der Waals surface area contributed by atoms with Gasteiger partial charge in [0.05, 0.1) is 6.61 Å². The second-order valence-corrected chi connectivity index (χ2v) is 5.34. The summed E-state index contributed by atoms with van der Waals surface area (Å²) in [6.07, 6.45) is -12.5. The standard InChI is InChI=1S/C13H14N4O14/c18-7-10(28-14(20)21)12(30-16(24)25)13(31-17(26)27)11(29-15(22)23)9(19)6-8-4-2-1-3-5-8/h1-5,10-13,18H,6-7H2/t10-,11-,12-,13-/m1/s1/i6D/t6?,10-,11-,12-,13-. The van der Waals surface area contributed by atoms with Crippen LogP contribution in [-0.2, 0) is 30.5 Å². The van der Waals surface area contributed by atoms with Gasteiger partial charge >= 0.3 is 0 Å².